The molecule has 0 aliphatic heterocycles. The third-order valence-corrected chi connectivity index (χ3v) is 7.09. The average molecular weight is 562 g/mol. The molecule has 0 atom stereocenters. The maximum Gasteiger partial charge on any atom is 0.346 e. The third-order valence-electron chi connectivity index (χ3n) is 5.81. The van der Waals surface area contributed by atoms with Gasteiger partial charge in [-0.25, -0.2) is 5.43 Å². The van der Waals surface area contributed by atoms with Crippen LogP contribution in [0, 0.1) is 10.1 Å². The molecule has 4 rings (SSSR count). The van der Waals surface area contributed by atoms with Gasteiger partial charge < -0.3 is 14.0 Å². The molecule has 0 aliphatic carbocycles. The normalized spacial score (nSPS) is 11.7. The first-order valence-electron chi connectivity index (χ1n) is 11.7. The van der Waals surface area contributed by atoms with Crippen LogP contribution in [-0.2, 0) is 20.5 Å². The third kappa shape index (κ3) is 5.82. The van der Waals surface area contributed by atoms with Gasteiger partial charge in [-0.1, -0.05) is 72.8 Å². The summed E-state index contributed by atoms with van der Waals surface area (Å²) < 4.78 is 35.9. The van der Waals surface area contributed by atoms with E-state index in [0.29, 0.717) is 16.7 Å². The highest BCUT2D eigenvalue weighted by Gasteiger charge is 2.39. The van der Waals surface area contributed by atoms with Crippen molar-refractivity contribution in [3.05, 3.63) is 130 Å². The van der Waals surface area contributed by atoms with Crippen molar-refractivity contribution in [3.63, 3.8) is 0 Å². The summed E-state index contributed by atoms with van der Waals surface area (Å²) in [4.78, 5) is 23.0. The number of nitro benzene ring substituents is 1. The Morgan fingerprint density at radius 1 is 0.925 bits per heavy atom. The number of nitro groups is 1. The van der Waals surface area contributed by atoms with Gasteiger partial charge in [0.2, 0.25) is 0 Å². The standard InChI is InChI=1S/C28H23N3O8S/c1-38-25-18-20(16-17-24(25)39-40(36,37)26-15-9-8-14-23(26)31(34)35)19-29-30-27(32)28(33,21-10-4-2-5-11-21)22-12-6-3-7-13-22/h2-19,33H,1H3,(H,30,32)/b29-19-. The zero-order valence-electron chi connectivity index (χ0n) is 21.0. The second-order valence-electron chi connectivity index (χ2n) is 8.31. The van der Waals surface area contributed by atoms with Crippen molar-refractivity contribution in [2.45, 2.75) is 10.5 Å². The minimum Gasteiger partial charge on any atom is -0.493 e. The Morgan fingerprint density at radius 3 is 2.08 bits per heavy atom. The van der Waals surface area contributed by atoms with E-state index in [1.165, 1.54) is 43.7 Å². The number of carbonyl (C=O) groups excluding carboxylic acids is 1. The van der Waals surface area contributed by atoms with E-state index in [1.807, 2.05) is 0 Å². The van der Waals surface area contributed by atoms with Gasteiger partial charge in [-0.05, 0) is 41.0 Å². The van der Waals surface area contributed by atoms with Crippen LogP contribution < -0.4 is 14.3 Å². The van der Waals surface area contributed by atoms with Crippen molar-refractivity contribution in [2.75, 3.05) is 7.11 Å². The molecule has 0 heterocycles. The second-order valence-corrected chi connectivity index (χ2v) is 9.83. The Labute approximate surface area is 229 Å². The number of para-hydroxylation sites is 1. The van der Waals surface area contributed by atoms with Crippen molar-refractivity contribution >= 4 is 27.9 Å². The molecule has 204 valence electrons. The first-order valence-corrected chi connectivity index (χ1v) is 13.1. The molecule has 0 saturated heterocycles. The number of methoxy groups -OCH3 is 1. The van der Waals surface area contributed by atoms with Crippen LogP contribution in [0.3, 0.4) is 0 Å². The Balaban J connectivity index is 1.55. The minimum atomic E-state index is -4.57. The number of amides is 1. The van der Waals surface area contributed by atoms with Crippen molar-refractivity contribution in [1.82, 2.24) is 5.43 Å². The van der Waals surface area contributed by atoms with Crippen LogP contribution in [0.15, 0.2) is 113 Å². The lowest BCUT2D eigenvalue weighted by molar-refractivity contribution is -0.387. The van der Waals surface area contributed by atoms with Crippen LogP contribution in [0.5, 0.6) is 11.5 Å². The van der Waals surface area contributed by atoms with E-state index in [1.54, 1.807) is 60.7 Å². The Kier molecular flexibility index (Phi) is 8.22. The molecule has 2 N–H and O–H groups in total. The van der Waals surface area contributed by atoms with E-state index >= 15 is 0 Å². The van der Waals surface area contributed by atoms with Gasteiger partial charge in [-0.3, -0.25) is 14.9 Å². The Hall–Kier alpha value is -5.07. The van der Waals surface area contributed by atoms with Crippen LogP contribution in [-0.4, -0.2) is 37.7 Å². The monoisotopic (exact) mass is 561 g/mol. The van der Waals surface area contributed by atoms with Crippen molar-refractivity contribution in [2.24, 2.45) is 5.10 Å². The van der Waals surface area contributed by atoms with Crippen LogP contribution >= 0.6 is 0 Å². The van der Waals surface area contributed by atoms with E-state index in [9.17, 15) is 28.4 Å². The highest BCUT2D eigenvalue weighted by atomic mass is 32.2. The average Bonchev–Trinajstić information content (AvgIpc) is 2.98. The number of hydrogen-bond acceptors (Lipinski definition) is 9. The predicted octanol–water partition coefficient (Wildman–Crippen LogP) is 3.76. The number of rotatable bonds is 10. The lowest BCUT2D eigenvalue weighted by atomic mass is 9.85. The molecule has 0 bridgehead atoms. The van der Waals surface area contributed by atoms with Crippen molar-refractivity contribution < 1.29 is 32.2 Å². The molecule has 0 aromatic heterocycles. The summed E-state index contributed by atoms with van der Waals surface area (Å²) in [5, 5.41) is 26.7. The molecule has 0 unspecified atom stereocenters. The number of aliphatic hydroxyl groups is 1. The molecule has 0 fully saturated rings. The first-order chi connectivity index (χ1) is 19.2. The smallest absolute Gasteiger partial charge is 0.346 e. The van der Waals surface area contributed by atoms with Gasteiger partial charge in [0, 0.05) is 6.07 Å². The lowest BCUT2D eigenvalue weighted by Crippen LogP contribution is -2.43. The number of nitrogens with zero attached hydrogens (tertiary/aromatic N) is 2. The topological polar surface area (TPSA) is 157 Å². The highest BCUT2D eigenvalue weighted by molar-refractivity contribution is 7.87. The molecule has 11 nitrogen and oxygen atoms in total. The fourth-order valence-corrected chi connectivity index (χ4v) is 4.96. The molecule has 4 aromatic rings. The number of carbonyl (C=O) groups is 1. The fourth-order valence-electron chi connectivity index (χ4n) is 3.85. The van der Waals surface area contributed by atoms with Crippen LogP contribution in [0.2, 0.25) is 0 Å². The summed E-state index contributed by atoms with van der Waals surface area (Å²) >= 11 is 0. The molecule has 40 heavy (non-hydrogen) atoms. The summed E-state index contributed by atoms with van der Waals surface area (Å²) in [5.74, 6) is -1.03. The molecular weight excluding hydrogens is 538 g/mol. The summed E-state index contributed by atoms with van der Waals surface area (Å²) in [6.45, 7) is 0. The second kappa shape index (κ2) is 11.8. The maximum atomic E-state index is 13.2. The maximum absolute atomic E-state index is 13.2. The highest BCUT2D eigenvalue weighted by Crippen LogP contribution is 2.33. The van der Waals surface area contributed by atoms with E-state index in [2.05, 4.69) is 10.5 Å². The summed E-state index contributed by atoms with van der Waals surface area (Å²) in [5.41, 5.74) is 0.763. The van der Waals surface area contributed by atoms with Crippen LogP contribution in [0.4, 0.5) is 5.69 Å². The van der Waals surface area contributed by atoms with Crippen molar-refractivity contribution in [3.8, 4) is 11.5 Å². The van der Waals surface area contributed by atoms with Gasteiger partial charge in [-0.15, -0.1) is 0 Å². The minimum absolute atomic E-state index is 0.0116. The van der Waals surface area contributed by atoms with Gasteiger partial charge in [0.1, 0.15) is 0 Å². The van der Waals surface area contributed by atoms with E-state index in [-0.39, 0.29) is 11.5 Å². The number of benzene rings is 4. The lowest BCUT2D eigenvalue weighted by Gasteiger charge is -2.27. The van der Waals surface area contributed by atoms with E-state index in [4.69, 9.17) is 8.92 Å². The van der Waals surface area contributed by atoms with Gasteiger partial charge in [0.25, 0.3) is 11.6 Å². The summed E-state index contributed by atoms with van der Waals surface area (Å²) in [6, 6.07) is 25.7. The van der Waals surface area contributed by atoms with Crippen molar-refractivity contribution in [1.29, 1.82) is 0 Å². The summed E-state index contributed by atoms with van der Waals surface area (Å²) in [6.07, 6.45) is 1.26. The van der Waals surface area contributed by atoms with Crippen LogP contribution in [0.25, 0.3) is 0 Å². The molecule has 0 spiro atoms. The van der Waals surface area contributed by atoms with E-state index in [0.717, 1.165) is 12.1 Å². The zero-order chi connectivity index (χ0) is 28.8. The molecule has 0 radical (unpaired) electrons. The number of ether oxygens (including phenoxy) is 1. The fraction of sp³-hybridized carbons (Fsp3) is 0.0714. The van der Waals surface area contributed by atoms with E-state index < -0.39 is 37.1 Å². The molecule has 12 heteroatoms. The van der Waals surface area contributed by atoms with Gasteiger partial charge >= 0.3 is 10.1 Å². The van der Waals surface area contributed by atoms with Gasteiger partial charge in [0.05, 0.1) is 18.2 Å². The summed E-state index contributed by atoms with van der Waals surface area (Å²) in [7, 11) is -3.29. The van der Waals surface area contributed by atoms with Gasteiger partial charge in [-0.2, -0.15) is 13.5 Å². The first kappa shape index (κ1) is 28.0. The SMILES string of the molecule is COc1cc(/C=N\NC(=O)C(O)(c2ccccc2)c2ccccc2)ccc1OS(=O)(=O)c1ccccc1[N+](=O)[O-]. The number of hydrazone groups is 1. The molecule has 0 saturated carbocycles. The zero-order valence-corrected chi connectivity index (χ0v) is 21.8. The largest absolute Gasteiger partial charge is 0.493 e. The van der Waals surface area contributed by atoms with Gasteiger partial charge in [0.15, 0.2) is 22.0 Å². The Bertz CT molecular complexity index is 1620. The van der Waals surface area contributed by atoms with Crippen LogP contribution in [0.1, 0.15) is 16.7 Å². The number of hydrogen-bond donors (Lipinski definition) is 2. The molecule has 1 amide bonds. The number of nitrogens with one attached hydrogen (secondary N) is 1. The molecule has 4 aromatic carbocycles. The quantitative estimate of drug-likeness (QED) is 0.128. The predicted molar refractivity (Wildman–Crippen MR) is 146 cm³/mol. The molecular formula is C28H23N3O8S. The molecule has 0 aliphatic rings. The Morgan fingerprint density at radius 2 is 1.50 bits per heavy atom.